The minimum atomic E-state index is -0.966. The maximum Gasteiger partial charge on any atom is 0.244 e. The molecule has 3 nitrogen and oxygen atoms in total. The Morgan fingerprint density at radius 2 is 1.84 bits per heavy atom. The summed E-state index contributed by atoms with van der Waals surface area (Å²) in [4.78, 5) is 12.1. The number of rotatable bonds is 2. The molecule has 1 aromatic carbocycles. The van der Waals surface area contributed by atoms with Gasteiger partial charge in [0.2, 0.25) is 5.91 Å². The second kappa shape index (κ2) is 5.25. The zero-order valence-electron chi connectivity index (χ0n) is 10.9. The van der Waals surface area contributed by atoms with Gasteiger partial charge in [-0.15, -0.1) is 0 Å². The lowest BCUT2D eigenvalue weighted by Crippen LogP contribution is -2.52. The highest BCUT2D eigenvalue weighted by molar-refractivity contribution is 5.98. The summed E-state index contributed by atoms with van der Waals surface area (Å²) < 4.78 is 27.1. The Kier molecular flexibility index (Phi) is 3.85. The fourth-order valence-corrected chi connectivity index (χ4v) is 2.40. The van der Waals surface area contributed by atoms with Crippen LogP contribution in [0.4, 0.5) is 14.5 Å². The van der Waals surface area contributed by atoms with E-state index in [0.29, 0.717) is 12.8 Å². The number of nitrogens with two attached hydrogens (primary N) is 1. The van der Waals surface area contributed by atoms with Gasteiger partial charge in [-0.05, 0) is 31.4 Å². The van der Waals surface area contributed by atoms with Crippen LogP contribution in [0.5, 0.6) is 0 Å². The fraction of sp³-hybridized carbons (Fsp3) is 0.500. The fourth-order valence-electron chi connectivity index (χ4n) is 2.40. The van der Waals surface area contributed by atoms with Gasteiger partial charge in [-0.3, -0.25) is 4.79 Å². The molecule has 1 saturated carbocycles. The number of benzene rings is 1. The number of carbonyl (C=O) groups excluding carboxylic acids is 1. The van der Waals surface area contributed by atoms with Gasteiger partial charge in [0.1, 0.15) is 11.6 Å². The van der Waals surface area contributed by atoms with Crippen LogP contribution in [-0.2, 0) is 4.79 Å². The molecule has 1 aliphatic carbocycles. The molecule has 1 aromatic rings. The summed E-state index contributed by atoms with van der Waals surface area (Å²) >= 11 is 0. The zero-order valence-corrected chi connectivity index (χ0v) is 10.9. The Balaban J connectivity index is 2.16. The van der Waals surface area contributed by atoms with Crippen LogP contribution in [-0.4, -0.2) is 11.4 Å². The first-order valence-electron chi connectivity index (χ1n) is 6.48. The van der Waals surface area contributed by atoms with Gasteiger partial charge in [0, 0.05) is 6.07 Å². The van der Waals surface area contributed by atoms with Gasteiger partial charge < -0.3 is 11.1 Å². The maximum atomic E-state index is 13.7. The predicted molar refractivity (Wildman–Crippen MR) is 69.7 cm³/mol. The summed E-state index contributed by atoms with van der Waals surface area (Å²) in [6.45, 7) is 1.47. The molecule has 1 amide bonds. The van der Waals surface area contributed by atoms with Crippen LogP contribution < -0.4 is 11.1 Å². The molecule has 0 radical (unpaired) electrons. The van der Waals surface area contributed by atoms with Crippen molar-refractivity contribution < 1.29 is 13.6 Å². The Labute approximate surface area is 111 Å². The summed E-state index contributed by atoms with van der Waals surface area (Å²) in [6.07, 6.45) is 3.98. The van der Waals surface area contributed by atoms with E-state index < -0.39 is 23.1 Å². The Morgan fingerprint density at radius 3 is 2.47 bits per heavy atom. The molecular formula is C14H18F2N2O. The first-order valence-corrected chi connectivity index (χ1v) is 6.48. The SMILES string of the molecule is Cc1cc(F)c(NC(=O)C2(N)CCCCC2)cc1F. The van der Waals surface area contributed by atoms with E-state index in [-0.39, 0.29) is 11.3 Å². The Bertz CT molecular complexity index is 496. The van der Waals surface area contributed by atoms with Gasteiger partial charge in [0.15, 0.2) is 0 Å². The van der Waals surface area contributed by atoms with E-state index in [2.05, 4.69) is 5.32 Å². The number of amides is 1. The lowest BCUT2D eigenvalue weighted by molar-refractivity contribution is -0.122. The van der Waals surface area contributed by atoms with E-state index in [4.69, 9.17) is 5.73 Å². The molecule has 104 valence electrons. The van der Waals surface area contributed by atoms with Gasteiger partial charge in [-0.1, -0.05) is 19.3 Å². The number of nitrogens with one attached hydrogen (secondary N) is 1. The summed E-state index contributed by atoms with van der Waals surface area (Å²) in [5.41, 5.74) is 5.13. The minimum absolute atomic E-state index is 0.150. The number of aryl methyl sites for hydroxylation is 1. The summed E-state index contributed by atoms with van der Waals surface area (Å²) in [6, 6.07) is 2.06. The molecule has 0 spiro atoms. The number of carbonyl (C=O) groups is 1. The first kappa shape index (κ1) is 13.9. The van der Waals surface area contributed by atoms with Crippen molar-refractivity contribution >= 4 is 11.6 Å². The van der Waals surface area contributed by atoms with E-state index >= 15 is 0 Å². The van der Waals surface area contributed by atoms with Crippen molar-refractivity contribution in [1.29, 1.82) is 0 Å². The van der Waals surface area contributed by atoms with Crippen molar-refractivity contribution in [1.82, 2.24) is 0 Å². The van der Waals surface area contributed by atoms with E-state index in [1.807, 2.05) is 0 Å². The van der Waals surface area contributed by atoms with Gasteiger partial charge in [0.05, 0.1) is 11.2 Å². The molecule has 0 atom stereocenters. The number of hydrogen-bond acceptors (Lipinski definition) is 2. The van der Waals surface area contributed by atoms with Crippen LogP contribution in [0.15, 0.2) is 12.1 Å². The first-order chi connectivity index (χ1) is 8.92. The molecule has 3 N–H and O–H groups in total. The van der Waals surface area contributed by atoms with Gasteiger partial charge in [0.25, 0.3) is 0 Å². The van der Waals surface area contributed by atoms with Crippen molar-refractivity contribution in [3.8, 4) is 0 Å². The average Bonchev–Trinajstić information content (AvgIpc) is 2.36. The molecule has 5 heteroatoms. The van der Waals surface area contributed by atoms with Crippen LogP contribution in [0.1, 0.15) is 37.7 Å². The van der Waals surface area contributed by atoms with Crippen LogP contribution in [0, 0.1) is 18.6 Å². The molecular weight excluding hydrogens is 250 g/mol. The van der Waals surface area contributed by atoms with Crippen molar-refractivity contribution in [3.63, 3.8) is 0 Å². The summed E-state index contributed by atoms with van der Waals surface area (Å²) in [7, 11) is 0. The van der Waals surface area contributed by atoms with Crippen molar-refractivity contribution in [3.05, 3.63) is 29.3 Å². The molecule has 1 aliphatic rings. The molecule has 0 heterocycles. The standard InChI is InChI=1S/C14H18F2N2O/c1-9-7-11(16)12(8-10(9)15)18-13(19)14(17)5-3-2-4-6-14/h7-8H,2-6,17H2,1H3,(H,18,19). The number of hydrogen-bond donors (Lipinski definition) is 2. The summed E-state index contributed by atoms with van der Waals surface area (Å²) in [5, 5.41) is 2.41. The summed E-state index contributed by atoms with van der Waals surface area (Å²) in [5.74, 6) is -1.63. The highest BCUT2D eigenvalue weighted by atomic mass is 19.1. The van der Waals surface area contributed by atoms with Crippen LogP contribution in [0.25, 0.3) is 0 Å². The van der Waals surface area contributed by atoms with Gasteiger partial charge in [-0.25, -0.2) is 8.78 Å². The van der Waals surface area contributed by atoms with Crippen LogP contribution in [0.3, 0.4) is 0 Å². The lowest BCUT2D eigenvalue weighted by atomic mass is 9.82. The average molecular weight is 268 g/mol. The highest BCUT2D eigenvalue weighted by Crippen LogP contribution is 2.28. The van der Waals surface area contributed by atoms with E-state index in [1.54, 1.807) is 0 Å². The van der Waals surface area contributed by atoms with Crippen molar-refractivity contribution in [2.24, 2.45) is 5.73 Å². The van der Waals surface area contributed by atoms with E-state index in [1.165, 1.54) is 6.92 Å². The van der Waals surface area contributed by atoms with Gasteiger partial charge in [-0.2, -0.15) is 0 Å². The molecule has 0 aromatic heterocycles. The molecule has 1 fully saturated rings. The molecule has 0 aliphatic heterocycles. The topological polar surface area (TPSA) is 55.1 Å². The minimum Gasteiger partial charge on any atom is -0.322 e. The normalized spacial score (nSPS) is 18.1. The lowest BCUT2D eigenvalue weighted by Gasteiger charge is -2.31. The monoisotopic (exact) mass is 268 g/mol. The van der Waals surface area contributed by atoms with Crippen molar-refractivity contribution in [2.75, 3.05) is 5.32 Å². The second-order valence-corrected chi connectivity index (χ2v) is 5.25. The van der Waals surface area contributed by atoms with Crippen LogP contribution in [0.2, 0.25) is 0 Å². The van der Waals surface area contributed by atoms with Crippen LogP contribution >= 0.6 is 0 Å². The quantitative estimate of drug-likeness (QED) is 0.866. The van der Waals surface area contributed by atoms with E-state index in [9.17, 15) is 13.6 Å². The van der Waals surface area contributed by atoms with Crippen molar-refractivity contribution in [2.45, 2.75) is 44.6 Å². The number of halogens is 2. The predicted octanol–water partition coefficient (Wildman–Crippen LogP) is 2.87. The maximum absolute atomic E-state index is 13.7. The zero-order chi connectivity index (χ0) is 14.0. The second-order valence-electron chi connectivity index (χ2n) is 5.25. The molecule has 0 saturated heterocycles. The molecule has 0 bridgehead atoms. The molecule has 2 rings (SSSR count). The third-order valence-corrected chi connectivity index (χ3v) is 3.69. The number of anilines is 1. The molecule has 19 heavy (non-hydrogen) atoms. The third kappa shape index (κ3) is 2.92. The largest absolute Gasteiger partial charge is 0.322 e. The van der Waals surface area contributed by atoms with E-state index in [0.717, 1.165) is 31.4 Å². The molecule has 0 unspecified atom stereocenters. The smallest absolute Gasteiger partial charge is 0.244 e. The Hall–Kier alpha value is -1.49. The van der Waals surface area contributed by atoms with Gasteiger partial charge >= 0.3 is 0 Å². The Morgan fingerprint density at radius 1 is 1.21 bits per heavy atom. The third-order valence-electron chi connectivity index (χ3n) is 3.69. The highest BCUT2D eigenvalue weighted by Gasteiger charge is 2.35.